The van der Waals surface area contributed by atoms with E-state index in [0.717, 1.165) is 38.3 Å². The van der Waals surface area contributed by atoms with E-state index in [2.05, 4.69) is 17.1 Å². The number of hydrogen-bond donors (Lipinski definition) is 2. The Morgan fingerprint density at radius 2 is 1.85 bits per heavy atom. The number of nitrogens with zero attached hydrogens (tertiary/aromatic N) is 1. The van der Waals surface area contributed by atoms with E-state index in [-0.39, 0.29) is 42.7 Å². The topological polar surface area (TPSA) is 58.4 Å². The van der Waals surface area contributed by atoms with Crippen molar-refractivity contribution in [2.45, 2.75) is 45.1 Å². The molecule has 1 aliphatic heterocycles. The first-order valence-electron chi connectivity index (χ1n) is 7.42. The molecule has 1 saturated carbocycles. The number of rotatable bonds is 4. The lowest BCUT2D eigenvalue weighted by molar-refractivity contribution is -0.125. The second-order valence-electron chi connectivity index (χ2n) is 6.02. The highest BCUT2D eigenvalue weighted by atomic mass is 35.5. The van der Waals surface area contributed by atoms with E-state index in [1.165, 1.54) is 25.9 Å². The molecule has 2 unspecified atom stereocenters. The molecule has 0 spiro atoms. The molecule has 0 aromatic heterocycles. The smallest absolute Gasteiger partial charge is 0.224 e. The number of amides is 1. The molecule has 0 radical (unpaired) electrons. The first-order chi connectivity index (χ1) is 8.66. The van der Waals surface area contributed by atoms with Crippen molar-refractivity contribution in [2.75, 3.05) is 26.2 Å². The average Bonchev–Trinajstić information content (AvgIpc) is 2.78. The normalized spacial score (nSPS) is 27.5. The number of nitrogens with one attached hydrogen (secondary N) is 1. The summed E-state index contributed by atoms with van der Waals surface area (Å²) in [5.41, 5.74) is 5.94. The van der Waals surface area contributed by atoms with Crippen molar-refractivity contribution in [1.82, 2.24) is 10.2 Å². The van der Waals surface area contributed by atoms with Gasteiger partial charge in [-0.1, -0.05) is 13.3 Å². The minimum absolute atomic E-state index is 0. The highest BCUT2D eigenvalue weighted by Gasteiger charge is 2.29. The number of piperidine rings is 1. The van der Waals surface area contributed by atoms with Crippen LogP contribution in [0.15, 0.2) is 0 Å². The van der Waals surface area contributed by atoms with Gasteiger partial charge in [-0.05, 0) is 44.7 Å². The van der Waals surface area contributed by atoms with Gasteiger partial charge >= 0.3 is 0 Å². The second-order valence-corrected chi connectivity index (χ2v) is 6.02. The van der Waals surface area contributed by atoms with Gasteiger partial charge in [0.2, 0.25) is 5.91 Å². The number of carbonyl (C=O) groups is 1. The largest absolute Gasteiger partial charge is 0.355 e. The summed E-state index contributed by atoms with van der Waals surface area (Å²) in [6.45, 7) is 6.44. The quantitative estimate of drug-likeness (QED) is 0.828. The zero-order valence-corrected chi connectivity index (χ0v) is 14.0. The van der Waals surface area contributed by atoms with Gasteiger partial charge in [0.25, 0.3) is 0 Å². The molecule has 1 saturated heterocycles. The maximum Gasteiger partial charge on any atom is 0.224 e. The van der Waals surface area contributed by atoms with E-state index < -0.39 is 0 Å². The molecular formula is C14H29Cl2N3O. The van der Waals surface area contributed by atoms with Crippen LogP contribution in [0.4, 0.5) is 0 Å². The van der Waals surface area contributed by atoms with Gasteiger partial charge in [-0.2, -0.15) is 0 Å². The standard InChI is InChI=1S/C14H27N3O.2ClH/c1-11-5-8-17(9-6-11)10-7-16-14(18)12-3-2-4-13(12)15;;/h11-13H,2-10,15H2,1H3,(H,16,18);2*1H. The molecule has 3 N–H and O–H groups in total. The number of nitrogens with two attached hydrogens (primary N) is 1. The molecule has 0 aromatic rings. The predicted molar refractivity (Wildman–Crippen MR) is 87.7 cm³/mol. The van der Waals surface area contributed by atoms with Crippen LogP contribution >= 0.6 is 24.8 Å². The minimum Gasteiger partial charge on any atom is -0.355 e. The molecule has 120 valence electrons. The lowest BCUT2D eigenvalue weighted by Gasteiger charge is -2.30. The number of carbonyl (C=O) groups excluding carboxylic acids is 1. The molecule has 6 heteroatoms. The Hall–Kier alpha value is -0.0300. The van der Waals surface area contributed by atoms with Crippen molar-refractivity contribution in [1.29, 1.82) is 0 Å². The van der Waals surface area contributed by atoms with Crippen LogP contribution in [0.1, 0.15) is 39.0 Å². The van der Waals surface area contributed by atoms with E-state index in [9.17, 15) is 4.79 Å². The summed E-state index contributed by atoms with van der Waals surface area (Å²) in [6, 6.07) is 0.0841. The third kappa shape index (κ3) is 5.76. The molecule has 0 aromatic carbocycles. The Bertz CT molecular complexity index is 284. The first kappa shape index (κ1) is 20.0. The Labute approximate surface area is 135 Å². The van der Waals surface area contributed by atoms with Gasteiger partial charge in [-0.3, -0.25) is 4.79 Å². The van der Waals surface area contributed by atoms with Crippen LogP contribution in [0.2, 0.25) is 0 Å². The maximum atomic E-state index is 11.9. The van der Waals surface area contributed by atoms with Crippen LogP contribution in [-0.4, -0.2) is 43.0 Å². The molecule has 1 aliphatic carbocycles. The van der Waals surface area contributed by atoms with E-state index in [1.54, 1.807) is 0 Å². The van der Waals surface area contributed by atoms with Gasteiger partial charge in [0, 0.05) is 19.1 Å². The van der Waals surface area contributed by atoms with Gasteiger partial charge < -0.3 is 16.0 Å². The lowest BCUT2D eigenvalue weighted by Crippen LogP contribution is -2.43. The molecule has 20 heavy (non-hydrogen) atoms. The molecule has 1 heterocycles. The van der Waals surface area contributed by atoms with Crippen molar-refractivity contribution in [3.05, 3.63) is 0 Å². The van der Waals surface area contributed by atoms with Crippen LogP contribution in [-0.2, 0) is 4.79 Å². The van der Waals surface area contributed by atoms with Crippen molar-refractivity contribution in [3.8, 4) is 0 Å². The van der Waals surface area contributed by atoms with Gasteiger partial charge in [-0.15, -0.1) is 24.8 Å². The third-order valence-corrected chi connectivity index (χ3v) is 4.51. The number of halogens is 2. The summed E-state index contributed by atoms with van der Waals surface area (Å²) in [5, 5.41) is 3.05. The molecule has 2 aliphatic rings. The minimum atomic E-state index is 0. The van der Waals surface area contributed by atoms with Gasteiger partial charge in [0.15, 0.2) is 0 Å². The molecule has 2 fully saturated rings. The van der Waals surface area contributed by atoms with Crippen LogP contribution < -0.4 is 11.1 Å². The fourth-order valence-corrected chi connectivity index (χ4v) is 3.07. The molecule has 4 nitrogen and oxygen atoms in total. The lowest BCUT2D eigenvalue weighted by atomic mass is 9.99. The fraction of sp³-hybridized carbons (Fsp3) is 0.929. The number of hydrogen-bond acceptors (Lipinski definition) is 3. The van der Waals surface area contributed by atoms with Crippen molar-refractivity contribution >= 4 is 30.7 Å². The van der Waals surface area contributed by atoms with E-state index in [4.69, 9.17) is 5.73 Å². The van der Waals surface area contributed by atoms with Gasteiger partial charge in [0.05, 0.1) is 5.92 Å². The van der Waals surface area contributed by atoms with Crippen molar-refractivity contribution < 1.29 is 4.79 Å². The highest BCUT2D eigenvalue weighted by molar-refractivity contribution is 5.85. The van der Waals surface area contributed by atoms with Crippen molar-refractivity contribution in [2.24, 2.45) is 17.6 Å². The summed E-state index contributed by atoms with van der Waals surface area (Å²) >= 11 is 0. The Kier molecular flexibility index (Phi) is 9.81. The van der Waals surface area contributed by atoms with Crippen LogP contribution in [0.3, 0.4) is 0 Å². The summed E-state index contributed by atoms with van der Waals surface area (Å²) in [6.07, 6.45) is 5.66. The summed E-state index contributed by atoms with van der Waals surface area (Å²) < 4.78 is 0. The van der Waals surface area contributed by atoms with E-state index in [0.29, 0.717) is 0 Å². The Morgan fingerprint density at radius 3 is 2.40 bits per heavy atom. The zero-order valence-electron chi connectivity index (χ0n) is 12.3. The third-order valence-electron chi connectivity index (χ3n) is 4.51. The van der Waals surface area contributed by atoms with Crippen LogP contribution in [0.5, 0.6) is 0 Å². The van der Waals surface area contributed by atoms with Crippen LogP contribution in [0.25, 0.3) is 0 Å². The SMILES string of the molecule is CC1CCN(CCNC(=O)C2CCCC2N)CC1.Cl.Cl. The highest BCUT2D eigenvalue weighted by Crippen LogP contribution is 2.23. The summed E-state index contributed by atoms with van der Waals surface area (Å²) in [4.78, 5) is 14.4. The monoisotopic (exact) mass is 325 g/mol. The van der Waals surface area contributed by atoms with Gasteiger partial charge in [-0.25, -0.2) is 0 Å². The molecular weight excluding hydrogens is 297 g/mol. The van der Waals surface area contributed by atoms with Crippen LogP contribution in [0, 0.1) is 11.8 Å². The average molecular weight is 326 g/mol. The van der Waals surface area contributed by atoms with E-state index >= 15 is 0 Å². The molecule has 0 bridgehead atoms. The van der Waals surface area contributed by atoms with Gasteiger partial charge in [0.1, 0.15) is 0 Å². The first-order valence-corrected chi connectivity index (χ1v) is 7.42. The maximum absolute atomic E-state index is 11.9. The fourth-order valence-electron chi connectivity index (χ4n) is 3.07. The van der Waals surface area contributed by atoms with Crippen molar-refractivity contribution in [3.63, 3.8) is 0 Å². The summed E-state index contributed by atoms with van der Waals surface area (Å²) in [7, 11) is 0. The number of likely N-dealkylation sites (tertiary alicyclic amines) is 1. The van der Waals surface area contributed by atoms with E-state index in [1.807, 2.05) is 0 Å². The second kappa shape index (κ2) is 9.82. The molecule has 2 atom stereocenters. The molecule has 1 amide bonds. The zero-order chi connectivity index (χ0) is 13.0. The molecule has 2 rings (SSSR count). The Balaban J connectivity index is 0.00000180. The summed E-state index contributed by atoms with van der Waals surface area (Å²) in [5.74, 6) is 1.10. The predicted octanol–water partition coefficient (Wildman–Crippen LogP) is 1.81. The Morgan fingerprint density at radius 1 is 1.20 bits per heavy atom.